The smallest absolute Gasteiger partial charge is 0.320 e. The molecule has 0 saturated heterocycles. The van der Waals surface area contributed by atoms with Crippen molar-refractivity contribution in [3.63, 3.8) is 0 Å². The first-order valence-electron chi connectivity index (χ1n) is 7.73. The van der Waals surface area contributed by atoms with Gasteiger partial charge in [-0.05, 0) is 31.2 Å². The van der Waals surface area contributed by atoms with Crippen LogP contribution in [-0.4, -0.2) is 34.6 Å². The number of ether oxygens (including phenoxy) is 1. The maximum atomic E-state index is 11.6. The zero-order valence-corrected chi connectivity index (χ0v) is 13.9. The molecule has 3 rings (SSSR count). The van der Waals surface area contributed by atoms with E-state index in [2.05, 4.69) is 25.6 Å². The number of carbonyl (C=O) groups excluding carboxylic acids is 1. The first-order valence-corrected chi connectivity index (χ1v) is 7.73. The van der Waals surface area contributed by atoms with Gasteiger partial charge in [-0.25, -0.2) is 19.7 Å². The Balaban J connectivity index is 1.96. The summed E-state index contributed by atoms with van der Waals surface area (Å²) in [6.07, 6.45) is 1.49. The number of fused-ring (bicyclic) bond motifs is 1. The van der Waals surface area contributed by atoms with Crippen LogP contribution in [0.2, 0.25) is 0 Å². The molecule has 2 aromatic heterocycles. The number of aromatic nitrogens is 3. The molecule has 25 heavy (non-hydrogen) atoms. The average Bonchev–Trinajstić information content (AvgIpc) is 2.61. The van der Waals surface area contributed by atoms with Crippen molar-refractivity contribution in [3.05, 3.63) is 36.5 Å². The standard InChI is InChI=1S/C17H18N6O2/c1-3-19-17(24)23-15-9-20-13-7-6-12(21-16(13)22-15)10-4-5-11(18)14(8-10)25-2/h4-9H,3,18H2,1-2H3,(H2,19,21,22,23,24). The van der Waals surface area contributed by atoms with Gasteiger partial charge in [0, 0.05) is 12.1 Å². The summed E-state index contributed by atoms with van der Waals surface area (Å²) in [7, 11) is 1.56. The molecule has 0 atom stereocenters. The fourth-order valence-electron chi connectivity index (χ4n) is 2.31. The summed E-state index contributed by atoms with van der Waals surface area (Å²) < 4.78 is 5.25. The molecule has 128 valence electrons. The number of urea groups is 1. The Morgan fingerprint density at radius 3 is 2.84 bits per heavy atom. The molecule has 0 bridgehead atoms. The van der Waals surface area contributed by atoms with Crippen LogP contribution in [-0.2, 0) is 0 Å². The van der Waals surface area contributed by atoms with Crippen molar-refractivity contribution >= 4 is 28.7 Å². The van der Waals surface area contributed by atoms with Gasteiger partial charge in [-0.2, -0.15) is 0 Å². The number of carbonyl (C=O) groups is 1. The molecule has 0 saturated carbocycles. The Kier molecular flexibility index (Phi) is 4.60. The number of nitrogens with zero attached hydrogens (tertiary/aromatic N) is 3. The number of benzene rings is 1. The van der Waals surface area contributed by atoms with E-state index in [-0.39, 0.29) is 6.03 Å². The highest BCUT2D eigenvalue weighted by atomic mass is 16.5. The zero-order valence-electron chi connectivity index (χ0n) is 13.9. The number of hydrogen-bond acceptors (Lipinski definition) is 6. The monoisotopic (exact) mass is 338 g/mol. The van der Waals surface area contributed by atoms with E-state index in [4.69, 9.17) is 10.5 Å². The molecule has 1 aromatic carbocycles. The minimum Gasteiger partial charge on any atom is -0.495 e. The van der Waals surface area contributed by atoms with Crippen molar-refractivity contribution < 1.29 is 9.53 Å². The molecule has 0 aliphatic heterocycles. The van der Waals surface area contributed by atoms with E-state index in [1.807, 2.05) is 31.2 Å². The molecule has 0 spiro atoms. The molecule has 3 aromatic rings. The first-order chi connectivity index (χ1) is 12.1. The van der Waals surface area contributed by atoms with Crippen LogP contribution < -0.4 is 21.1 Å². The number of nitrogens with one attached hydrogen (secondary N) is 2. The van der Waals surface area contributed by atoms with Gasteiger partial charge in [0.1, 0.15) is 11.3 Å². The third-order valence-electron chi connectivity index (χ3n) is 3.51. The lowest BCUT2D eigenvalue weighted by Gasteiger charge is -2.08. The lowest BCUT2D eigenvalue weighted by atomic mass is 10.1. The summed E-state index contributed by atoms with van der Waals surface area (Å²) in [5, 5.41) is 5.25. The summed E-state index contributed by atoms with van der Waals surface area (Å²) in [5.41, 5.74) is 9.01. The van der Waals surface area contributed by atoms with Crippen LogP contribution in [0.5, 0.6) is 5.75 Å². The normalized spacial score (nSPS) is 10.5. The molecular formula is C17H18N6O2. The summed E-state index contributed by atoms with van der Waals surface area (Å²) in [5.74, 6) is 0.912. The number of nitrogens with two attached hydrogens (primary N) is 1. The fraction of sp³-hybridized carbons (Fsp3) is 0.176. The number of nitrogen functional groups attached to an aromatic ring is 1. The molecule has 0 aliphatic rings. The van der Waals surface area contributed by atoms with Gasteiger partial charge >= 0.3 is 6.03 Å². The van der Waals surface area contributed by atoms with Gasteiger partial charge in [-0.15, -0.1) is 0 Å². The highest BCUT2D eigenvalue weighted by Gasteiger charge is 2.08. The third kappa shape index (κ3) is 3.57. The van der Waals surface area contributed by atoms with Crippen LogP contribution in [0, 0.1) is 0 Å². The number of hydrogen-bond donors (Lipinski definition) is 3. The van der Waals surface area contributed by atoms with Crippen molar-refractivity contribution in [2.75, 3.05) is 24.7 Å². The van der Waals surface area contributed by atoms with Gasteiger partial charge in [-0.3, -0.25) is 5.32 Å². The Hall–Kier alpha value is -3.42. The van der Waals surface area contributed by atoms with Gasteiger partial charge in [0.05, 0.1) is 24.7 Å². The predicted molar refractivity (Wildman–Crippen MR) is 96.4 cm³/mol. The molecule has 0 fully saturated rings. The van der Waals surface area contributed by atoms with E-state index in [1.54, 1.807) is 13.2 Å². The molecule has 0 unspecified atom stereocenters. The fourth-order valence-corrected chi connectivity index (χ4v) is 2.31. The summed E-state index contributed by atoms with van der Waals surface area (Å²) in [4.78, 5) is 24.7. The minimum atomic E-state index is -0.337. The quantitative estimate of drug-likeness (QED) is 0.629. The number of anilines is 2. The lowest BCUT2D eigenvalue weighted by Crippen LogP contribution is -2.28. The Labute approximate surface area is 144 Å². The van der Waals surface area contributed by atoms with Gasteiger partial charge in [-0.1, -0.05) is 6.07 Å². The van der Waals surface area contributed by atoms with Crippen molar-refractivity contribution in [3.8, 4) is 17.0 Å². The second-order valence-corrected chi connectivity index (χ2v) is 5.24. The number of pyridine rings is 1. The average molecular weight is 338 g/mol. The second kappa shape index (κ2) is 7.00. The Morgan fingerprint density at radius 1 is 1.24 bits per heavy atom. The van der Waals surface area contributed by atoms with Crippen LogP contribution >= 0.6 is 0 Å². The highest BCUT2D eigenvalue weighted by Crippen LogP contribution is 2.28. The molecule has 0 radical (unpaired) electrons. The molecular weight excluding hydrogens is 320 g/mol. The Morgan fingerprint density at radius 2 is 2.08 bits per heavy atom. The minimum absolute atomic E-state index is 0.331. The maximum Gasteiger partial charge on any atom is 0.320 e. The van der Waals surface area contributed by atoms with Gasteiger partial charge in [0.15, 0.2) is 11.5 Å². The second-order valence-electron chi connectivity index (χ2n) is 5.24. The molecule has 2 amide bonds. The topological polar surface area (TPSA) is 115 Å². The summed E-state index contributed by atoms with van der Waals surface area (Å²) >= 11 is 0. The SMILES string of the molecule is CCNC(=O)Nc1cnc2ccc(-c3ccc(N)c(OC)c3)nc2n1. The predicted octanol–water partition coefficient (Wildman–Crippen LogP) is 2.42. The van der Waals surface area contributed by atoms with Crippen molar-refractivity contribution in [2.45, 2.75) is 6.92 Å². The lowest BCUT2D eigenvalue weighted by molar-refractivity contribution is 0.252. The van der Waals surface area contributed by atoms with E-state index in [9.17, 15) is 4.79 Å². The van der Waals surface area contributed by atoms with E-state index >= 15 is 0 Å². The molecule has 8 heteroatoms. The van der Waals surface area contributed by atoms with E-state index in [0.29, 0.717) is 40.7 Å². The van der Waals surface area contributed by atoms with Crippen molar-refractivity contribution in [2.24, 2.45) is 0 Å². The van der Waals surface area contributed by atoms with E-state index < -0.39 is 0 Å². The number of amides is 2. The summed E-state index contributed by atoms with van der Waals surface area (Å²) in [6.45, 7) is 2.36. The molecule has 4 N–H and O–H groups in total. The van der Waals surface area contributed by atoms with Crippen molar-refractivity contribution in [1.29, 1.82) is 0 Å². The highest BCUT2D eigenvalue weighted by molar-refractivity contribution is 5.89. The van der Waals surface area contributed by atoms with Gasteiger partial charge in [0.25, 0.3) is 0 Å². The maximum absolute atomic E-state index is 11.6. The molecule has 8 nitrogen and oxygen atoms in total. The van der Waals surface area contributed by atoms with Crippen LogP contribution in [0.15, 0.2) is 36.5 Å². The largest absolute Gasteiger partial charge is 0.495 e. The van der Waals surface area contributed by atoms with Crippen LogP contribution in [0.25, 0.3) is 22.4 Å². The van der Waals surface area contributed by atoms with Gasteiger partial charge in [0.2, 0.25) is 0 Å². The molecule has 0 aliphatic carbocycles. The van der Waals surface area contributed by atoms with Gasteiger partial charge < -0.3 is 15.8 Å². The number of methoxy groups -OCH3 is 1. The van der Waals surface area contributed by atoms with E-state index in [1.165, 1.54) is 6.20 Å². The third-order valence-corrected chi connectivity index (χ3v) is 3.51. The van der Waals surface area contributed by atoms with Crippen molar-refractivity contribution in [1.82, 2.24) is 20.3 Å². The van der Waals surface area contributed by atoms with Crippen LogP contribution in [0.3, 0.4) is 0 Å². The van der Waals surface area contributed by atoms with E-state index in [0.717, 1.165) is 5.56 Å². The number of rotatable bonds is 4. The summed E-state index contributed by atoms with van der Waals surface area (Å²) in [6, 6.07) is 8.76. The first kappa shape index (κ1) is 16.4. The van der Waals surface area contributed by atoms with Crippen LogP contribution in [0.1, 0.15) is 6.92 Å². The molecule has 2 heterocycles. The Bertz CT molecular complexity index is 928. The zero-order chi connectivity index (χ0) is 17.8. The van der Waals surface area contributed by atoms with Crippen LogP contribution in [0.4, 0.5) is 16.3 Å².